The maximum absolute atomic E-state index is 14.5. The van der Waals surface area contributed by atoms with E-state index in [0.717, 1.165) is 17.7 Å². The van der Waals surface area contributed by atoms with Crippen LogP contribution in [0.3, 0.4) is 0 Å². The second-order valence-electron chi connectivity index (χ2n) is 7.59. The SMILES string of the molecule is CNc1nc(-c2cccnc2)nc2c(OCC(C)C)cc(-c3cc(F)ccc3F)cc12. The summed E-state index contributed by atoms with van der Waals surface area (Å²) in [5, 5.41) is 3.73. The van der Waals surface area contributed by atoms with Crippen LogP contribution in [0.5, 0.6) is 5.75 Å². The van der Waals surface area contributed by atoms with Crippen molar-refractivity contribution in [2.45, 2.75) is 13.8 Å². The molecule has 0 spiro atoms. The number of ether oxygens (including phenoxy) is 1. The number of fused-ring (bicyclic) bond motifs is 1. The van der Waals surface area contributed by atoms with E-state index in [1.54, 1.807) is 31.6 Å². The second-order valence-corrected chi connectivity index (χ2v) is 7.59. The van der Waals surface area contributed by atoms with Crippen LogP contribution in [0.1, 0.15) is 13.8 Å². The van der Waals surface area contributed by atoms with E-state index in [1.807, 2.05) is 26.0 Å². The number of pyridine rings is 1. The molecule has 0 saturated carbocycles. The number of anilines is 1. The first-order chi connectivity index (χ1) is 15.0. The van der Waals surface area contributed by atoms with E-state index in [0.29, 0.717) is 40.5 Å². The maximum atomic E-state index is 14.5. The average molecular weight is 420 g/mol. The summed E-state index contributed by atoms with van der Waals surface area (Å²) in [7, 11) is 1.75. The largest absolute Gasteiger partial charge is 0.491 e. The number of hydrogen-bond acceptors (Lipinski definition) is 5. The van der Waals surface area contributed by atoms with Gasteiger partial charge in [-0.1, -0.05) is 13.8 Å². The van der Waals surface area contributed by atoms with E-state index < -0.39 is 11.6 Å². The number of nitrogens with zero attached hydrogens (tertiary/aromatic N) is 3. The van der Waals surface area contributed by atoms with Crippen molar-refractivity contribution in [3.8, 4) is 28.3 Å². The van der Waals surface area contributed by atoms with Gasteiger partial charge in [0.25, 0.3) is 0 Å². The summed E-state index contributed by atoms with van der Waals surface area (Å²) in [6.07, 6.45) is 3.37. The summed E-state index contributed by atoms with van der Waals surface area (Å²) in [4.78, 5) is 13.5. The highest BCUT2D eigenvalue weighted by molar-refractivity contribution is 5.97. The number of rotatable bonds is 6. The number of hydrogen-bond donors (Lipinski definition) is 1. The summed E-state index contributed by atoms with van der Waals surface area (Å²) in [5.74, 6) is 0.760. The highest BCUT2D eigenvalue weighted by Gasteiger charge is 2.17. The fraction of sp³-hybridized carbons (Fsp3) is 0.208. The first-order valence-electron chi connectivity index (χ1n) is 9.98. The van der Waals surface area contributed by atoms with Gasteiger partial charge in [-0.05, 0) is 53.9 Å². The minimum absolute atomic E-state index is 0.148. The highest BCUT2D eigenvalue weighted by Crippen LogP contribution is 2.37. The van der Waals surface area contributed by atoms with Gasteiger partial charge in [0.15, 0.2) is 5.82 Å². The first-order valence-corrected chi connectivity index (χ1v) is 9.98. The molecule has 0 atom stereocenters. The fourth-order valence-corrected chi connectivity index (χ4v) is 3.26. The van der Waals surface area contributed by atoms with E-state index in [1.165, 1.54) is 6.07 Å². The van der Waals surface area contributed by atoms with Crippen LogP contribution in [0.15, 0.2) is 54.9 Å². The summed E-state index contributed by atoms with van der Waals surface area (Å²) in [6, 6.07) is 10.5. The summed E-state index contributed by atoms with van der Waals surface area (Å²) in [6.45, 7) is 4.52. The Balaban J connectivity index is 1.98. The van der Waals surface area contributed by atoms with Crippen LogP contribution in [-0.2, 0) is 0 Å². The van der Waals surface area contributed by atoms with Gasteiger partial charge in [-0.3, -0.25) is 4.98 Å². The predicted octanol–water partition coefficient (Wildman–Crippen LogP) is 5.71. The van der Waals surface area contributed by atoms with Crippen LogP contribution in [0, 0.1) is 17.6 Å². The minimum atomic E-state index is -0.519. The van der Waals surface area contributed by atoms with Crippen molar-refractivity contribution in [3.63, 3.8) is 0 Å². The van der Waals surface area contributed by atoms with E-state index in [9.17, 15) is 8.78 Å². The average Bonchev–Trinajstić information content (AvgIpc) is 2.78. The molecule has 0 aliphatic heterocycles. The zero-order chi connectivity index (χ0) is 22.0. The monoisotopic (exact) mass is 420 g/mol. The molecule has 0 unspecified atom stereocenters. The van der Waals surface area contributed by atoms with Crippen molar-refractivity contribution in [1.29, 1.82) is 0 Å². The molecule has 5 nitrogen and oxygen atoms in total. The van der Waals surface area contributed by atoms with Crippen LogP contribution < -0.4 is 10.1 Å². The van der Waals surface area contributed by atoms with Gasteiger partial charge in [-0.2, -0.15) is 0 Å². The van der Waals surface area contributed by atoms with Gasteiger partial charge in [0, 0.05) is 36.0 Å². The van der Waals surface area contributed by atoms with Crippen LogP contribution in [0.4, 0.5) is 14.6 Å². The maximum Gasteiger partial charge on any atom is 0.163 e. The fourth-order valence-electron chi connectivity index (χ4n) is 3.26. The Bertz CT molecular complexity index is 1230. The van der Waals surface area contributed by atoms with E-state index in [2.05, 4.69) is 15.3 Å². The lowest BCUT2D eigenvalue weighted by Crippen LogP contribution is -2.07. The molecule has 2 aromatic carbocycles. The molecule has 0 aliphatic carbocycles. The minimum Gasteiger partial charge on any atom is -0.491 e. The molecule has 0 amide bonds. The van der Waals surface area contributed by atoms with E-state index in [4.69, 9.17) is 9.72 Å². The number of benzene rings is 2. The molecule has 31 heavy (non-hydrogen) atoms. The first kappa shape index (κ1) is 20.7. The Morgan fingerprint density at radius 2 is 1.87 bits per heavy atom. The van der Waals surface area contributed by atoms with Crippen LogP contribution in [-0.4, -0.2) is 28.6 Å². The molecule has 1 N–H and O–H groups in total. The zero-order valence-electron chi connectivity index (χ0n) is 17.5. The van der Waals surface area contributed by atoms with Crippen LogP contribution in [0.25, 0.3) is 33.4 Å². The lowest BCUT2D eigenvalue weighted by molar-refractivity contribution is 0.273. The topological polar surface area (TPSA) is 59.9 Å². The van der Waals surface area contributed by atoms with Crippen LogP contribution in [0.2, 0.25) is 0 Å². The van der Waals surface area contributed by atoms with Gasteiger partial charge in [0.05, 0.1) is 6.61 Å². The third kappa shape index (κ3) is 4.30. The zero-order valence-corrected chi connectivity index (χ0v) is 17.5. The Hall–Kier alpha value is -3.61. The summed E-state index contributed by atoms with van der Waals surface area (Å²) >= 11 is 0. The molecule has 4 rings (SSSR count). The number of nitrogens with one attached hydrogen (secondary N) is 1. The second kappa shape index (κ2) is 8.63. The van der Waals surface area contributed by atoms with Crippen molar-refractivity contribution in [1.82, 2.24) is 15.0 Å². The molecule has 158 valence electrons. The molecule has 0 fully saturated rings. The van der Waals surface area contributed by atoms with Gasteiger partial charge in [-0.25, -0.2) is 18.7 Å². The molecule has 2 heterocycles. The van der Waals surface area contributed by atoms with Crippen molar-refractivity contribution < 1.29 is 13.5 Å². The van der Waals surface area contributed by atoms with E-state index >= 15 is 0 Å². The van der Waals surface area contributed by atoms with Crippen molar-refractivity contribution in [2.24, 2.45) is 5.92 Å². The standard InChI is InChI=1S/C24H22F2N4O/c1-14(2)13-31-21-10-16(18-11-17(25)6-7-20(18)26)9-19-22(21)29-23(30-24(19)27-3)15-5-4-8-28-12-15/h4-12,14H,13H2,1-3H3,(H,27,29,30). The molecule has 0 saturated heterocycles. The van der Waals surface area contributed by atoms with Gasteiger partial charge >= 0.3 is 0 Å². The molecular weight excluding hydrogens is 398 g/mol. The lowest BCUT2D eigenvalue weighted by atomic mass is 10.0. The van der Waals surface area contributed by atoms with E-state index in [-0.39, 0.29) is 11.5 Å². The van der Waals surface area contributed by atoms with Crippen molar-refractivity contribution >= 4 is 16.7 Å². The van der Waals surface area contributed by atoms with Crippen molar-refractivity contribution in [2.75, 3.05) is 19.0 Å². The van der Waals surface area contributed by atoms with Gasteiger partial charge < -0.3 is 10.1 Å². The Kier molecular flexibility index (Phi) is 5.75. The normalized spacial score (nSPS) is 11.2. The molecule has 0 aliphatic rings. The third-order valence-corrected chi connectivity index (χ3v) is 4.73. The smallest absolute Gasteiger partial charge is 0.163 e. The molecule has 0 radical (unpaired) electrons. The van der Waals surface area contributed by atoms with Gasteiger partial charge in [0.1, 0.15) is 28.7 Å². The van der Waals surface area contributed by atoms with Gasteiger partial charge in [-0.15, -0.1) is 0 Å². The lowest BCUT2D eigenvalue weighted by Gasteiger charge is -2.16. The van der Waals surface area contributed by atoms with Crippen LogP contribution >= 0.6 is 0 Å². The predicted molar refractivity (Wildman–Crippen MR) is 118 cm³/mol. The Morgan fingerprint density at radius 1 is 1.03 bits per heavy atom. The van der Waals surface area contributed by atoms with Gasteiger partial charge in [0.2, 0.25) is 0 Å². The molecular formula is C24H22F2N4O. The number of aromatic nitrogens is 3. The molecule has 7 heteroatoms. The molecule has 0 bridgehead atoms. The highest BCUT2D eigenvalue weighted by atomic mass is 19.1. The number of halogens is 2. The third-order valence-electron chi connectivity index (χ3n) is 4.73. The quantitative estimate of drug-likeness (QED) is 0.433. The van der Waals surface area contributed by atoms with Crippen molar-refractivity contribution in [3.05, 3.63) is 66.5 Å². The summed E-state index contributed by atoms with van der Waals surface area (Å²) in [5.41, 5.74) is 1.97. The molecule has 2 aromatic heterocycles. The summed E-state index contributed by atoms with van der Waals surface area (Å²) < 4.78 is 34.4. The Labute approximate surface area is 179 Å². The Morgan fingerprint density at radius 3 is 2.58 bits per heavy atom. The molecule has 4 aromatic rings.